The highest BCUT2D eigenvalue weighted by Gasteiger charge is 2.40. The molecule has 1 aromatic heterocycles. The van der Waals surface area contributed by atoms with E-state index in [0.29, 0.717) is 29.3 Å². The average Bonchev–Trinajstić information content (AvgIpc) is 3.16. The number of carbonyl (C=O) groups is 2. The molecule has 29 heavy (non-hydrogen) atoms. The minimum absolute atomic E-state index is 0.0284. The SMILES string of the molecule is CCS(=O)(=O)n1ccc2cc(C(=O)NC3(C(=O)NCC#N)CCCCC3)ccc21. The zero-order valence-electron chi connectivity index (χ0n) is 16.3. The summed E-state index contributed by atoms with van der Waals surface area (Å²) in [6.07, 6.45) is 5.14. The summed E-state index contributed by atoms with van der Waals surface area (Å²) in [6.45, 7) is 1.46. The minimum atomic E-state index is -3.43. The predicted octanol–water partition coefficient (Wildman–Crippen LogP) is 1.91. The van der Waals surface area contributed by atoms with E-state index in [1.807, 2.05) is 6.07 Å². The minimum Gasteiger partial charge on any atom is -0.341 e. The molecule has 154 valence electrons. The van der Waals surface area contributed by atoms with E-state index >= 15 is 0 Å². The number of hydrogen-bond donors (Lipinski definition) is 2. The molecule has 1 aromatic carbocycles. The Kier molecular flexibility index (Phi) is 5.94. The van der Waals surface area contributed by atoms with Crippen LogP contribution in [0.5, 0.6) is 0 Å². The lowest BCUT2D eigenvalue weighted by molar-refractivity contribution is -0.128. The molecule has 0 spiro atoms. The number of nitriles is 1. The van der Waals surface area contributed by atoms with E-state index in [2.05, 4.69) is 10.6 Å². The molecule has 1 fully saturated rings. The Morgan fingerprint density at radius 1 is 1.21 bits per heavy atom. The van der Waals surface area contributed by atoms with Crippen molar-refractivity contribution < 1.29 is 18.0 Å². The molecule has 8 nitrogen and oxygen atoms in total. The van der Waals surface area contributed by atoms with Gasteiger partial charge >= 0.3 is 0 Å². The number of rotatable bonds is 6. The second-order valence-corrected chi connectivity index (χ2v) is 9.36. The molecule has 2 amide bonds. The molecule has 3 rings (SSSR count). The van der Waals surface area contributed by atoms with E-state index in [1.54, 1.807) is 31.2 Å². The van der Waals surface area contributed by atoms with Gasteiger partial charge in [-0.05, 0) is 44.0 Å². The molecule has 1 aliphatic rings. The van der Waals surface area contributed by atoms with E-state index in [4.69, 9.17) is 5.26 Å². The fraction of sp³-hybridized carbons (Fsp3) is 0.450. The Morgan fingerprint density at radius 2 is 1.93 bits per heavy atom. The van der Waals surface area contributed by atoms with E-state index in [1.165, 1.54) is 10.2 Å². The van der Waals surface area contributed by atoms with Gasteiger partial charge in [-0.1, -0.05) is 19.3 Å². The number of aromatic nitrogens is 1. The Bertz CT molecular complexity index is 1080. The lowest BCUT2D eigenvalue weighted by atomic mass is 9.80. The van der Waals surface area contributed by atoms with Gasteiger partial charge in [-0.25, -0.2) is 12.4 Å². The van der Waals surface area contributed by atoms with Crippen molar-refractivity contribution in [2.75, 3.05) is 12.3 Å². The highest BCUT2D eigenvalue weighted by molar-refractivity contribution is 7.90. The summed E-state index contributed by atoms with van der Waals surface area (Å²) in [4.78, 5) is 25.6. The number of hydrogen-bond acceptors (Lipinski definition) is 5. The van der Waals surface area contributed by atoms with Crippen LogP contribution in [0.3, 0.4) is 0 Å². The molecular weight excluding hydrogens is 392 g/mol. The van der Waals surface area contributed by atoms with Crippen LogP contribution in [0, 0.1) is 11.3 Å². The molecule has 0 aliphatic heterocycles. The van der Waals surface area contributed by atoms with Gasteiger partial charge in [-0.3, -0.25) is 9.59 Å². The van der Waals surface area contributed by atoms with Gasteiger partial charge in [0.25, 0.3) is 5.91 Å². The number of carbonyl (C=O) groups excluding carboxylic acids is 2. The van der Waals surface area contributed by atoms with Gasteiger partial charge < -0.3 is 10.6 Å². The molecular formula is C20H24N4O4S. The summed E-state index contributed by atoms with van der Waals surface area (Å²) in [6, 6.07) is 8.31. The van der Waals surface area contributed by atoms with Crippen LogP contribution in [-0.4, -0.2) is 42.0 Å². The van der Waals surface area contributed by atoms with Crippen molar-refractivity contribution in [1.82, 2.24) is 14.6 Å². The van der Waals surface area contributed by atoms with Gasteiger partial charge in [0.15, 0.2) is 0 Å². The fourth-order valence-corrected chi connectivity index (χ4v) is 4.77. The number of nitrogens with one attached hydrogen (secondary N) is 2. The second kappa shape index (κ2) is 8.25. The van der Waals surface area contributed by atoms with Crippen LogP contribution in [-0.2, 0) is 14.8 Å². The Morgan fingerprint density at radius 3 is 2.59 bits per heavy atom. The normalized spacial score (nSPS) is 16.1. The smallest absolute Gasteiger partial charge is 0.252 e. The molecule has 1 heterocycles. The van der Waals surface area contributed by atoms with Crippen molar-refractivity contribution in [3.63, 3.8) is 0 Å². The van der Waals surface area contributed by atoms with Crippen LogP contribution < -0.4 is 10.6 Å². The first-order valence-corrected chi connectivity index (χ1v) is 11.3. The molecule has 2 N–H and O–H groups in total. The quantitative estimate of drug-likeness (QED) is 0.697. The largest absolute Gasteiger partial charge is 0.341 e. The van der Waals surface area contributed by atoms with Crippen molar-refractivity contribution in [1.29, 1.82) is 5.26 Å². The third kappa shape index (κ3) is 4.12. The summed E-state index contributed by atoms with van der Waals surface area (Å²) in [5.41, 5.74) is -0.178. The lowest BCUT2D eigenvalue weighted by Crippen LogP contribution is -2.59. The zero-order chi connectivity index (χ0) is 21.1. The van der Waals surface area contributed by atoms with Gasteiger partial charge in [0, 0.05) is 17.1 Å². The monoisotopic (exact) mass is 416 g/mol. The third-order valence-corrected chi connectivity index (χ3v) is 7.05. The van der Waals surface area contributed by atoms with Crippen LogP contribution in [0.1, 0.15) is 49.4 Å². The van der Waals surface area contributed by atoms with Crippen LogP contribution in [0.15, 0.2) is 30.5 Å². The van der Waals surface area contributed by atoms with E-state index in [-0.39, 0.29) is 18.2 Å². The second-order valence-electron chi connectivity index (χ2n) is 7.22. The van der Waals surface area contributed by atoms with Crippen molar-refractivity contribution >= 4 is 32.7 Å². The Hall–Kier alpha value is -2.86. The van der Waals surface area contributed by atoms with Gasteiger partial charge in [-0.15, -0.1) is 0 Å². The standard InChI is InChI=1S/C20H24N4O4S/c1-2-29(27,28)24-13-8-15-14-16(6-7-17(15)24)18(25)23-20(9-4-3-5-10-20)19(26)22-12-11-21/h6-8,13-14H,2-5,9-10,12H2,1H3,(H,22,26)(H,23,25). The van der Waals surface area contributed by atoms with E-state index in [0.717, 1.165) is 19.3 Å². The number of benzene rings is 1. The summed E-state index contributed by atoms with van der Waals surface area (Å²) in [5.74, 6) is -0.764. The lowest BCUT2D eigenvalue weighted by Gasteiger charge is -2.36. The first kappa shape index (κ1) is 20.9. The van der Waals surface area contributed by atoms with Crippen LogP contribution in [0.25, 0.3) is 10.9 Å². The highest BCUT2D eigenvalue weighted by atomic mass is 32.2. The highest BCUT2D eigenvalue weighted by Crippen LogP contribution is 2.29. The molecule has 2 aromatic rings. The van der Waals surface area contributed by atoms with Crippen LogP contribution in [0.2, 0.25) is 0 Å². The molecule has 1 saturated carbocycles. The maximum absolute atomic E-state index is 12.9. The van der Waals surface area contributed by atoms with E-state index < -0.39 is 21.5 Å². The van der Waals surface area contributed by atoms with Crippen molar-refractivity contribution in [2.24, 2.45) is 0 Å². The van der Waals surface area contributed by atoms with Gasteiger partial charge in [0.2, 0.25) is 15.9 Å². The molecule has 0 saturated heterocycles. The zero-order valence-corrected chi connectivity index (χ0v) is 17.1. The van der Waals surface area contributed by atoms with Crippen molar-refractivity contribution in [3.8, 4) is 6.07 Å². The average molecular weight is 417 g/mol. The van der Waals surface area contributed by atoms with Crippen LogP contribution in [0.4, 0.5) is 0 Å². The maximum atomic E-state index is 12.9. The first-order chi connectivity index (χ1) is 13.8. The summed E-state index contributed by atoms with van der Waals surface area (Å²) < 4.78 is 25.6. The molecule has 0 bridgehead atoms. The van der Waals surface area contributed by atoms with Gasteiger partial charge in [0.1, 0.15) is 12.1 Å². The first-order valence-electron chi connectivity index (χ1n) is 9.65. The van der Waals surface area contributed by atoms with Gasteiger partial charge in [-0.2, -0.15) is 5.26 Å². The third-order valence-electron chi connectivity index (χ3n) is 5.40. The number of nitrogens with zero attached hydrogens (tertiary/aromatic N) is 2. The topological polar surface area (TPSA) is 121 Å². The number of fused-ring (bicyclic) bond motifs is 1. The van der Waals surface area contributed by atoms with Gasteiger partial charge in [0.05, 0.1) is 17.3 Å². The van der Waals surface area contributed by atoms with E-state index in [9.17, 15) is 18.0 Å². The molecule has 1 aliphatic carbocycles. The summed E-state index contributed by atoms with van der Waals surface area (Å²) in [7, 11) is -3.43. The Balaban J connectivity index is 1.88. The molecule has 0 radical (unpaired) electrons. The van der Waals surface area contributed by atoms with Crippen LogP contribution >= 0.6 is 0 Å². The summed E-state index contributed by atoms with van der Waals surface area (Å²) in [5, 5.41) is 14.8. The van der Waals surface area contributed by atoms with Crippen molar-refractivity contribution in [3.05, 3.63) is 36.0 Å². The molecule has 9 heteroatoms. The fourth-order valence-electron chi connectivity index (χ4n) is 3.78. The maximum Gasteiger partial charge on any atom is 0.252 e. The Labute approximate surface area is 169 Å². The van der Waals surface area contributed by atoms with Crippen molar-refractivity contribution in [2.45, 2.75) is 44.6 Å². The molecule has 0 unspecified atom stereocenters. The number of amides is 2. The predicted molar refractivity (Wildman–Crippen MR) is 109 cm³/mol. The summed E-state index contributed by atoms with van der Waals surface area (Å²) >= 11 is 0. The molecule has 0 atom stereocenters.